The van der Waals surface area contributed by atoms with Gasteiger partial charge in [0.2, 0.25) is 0 Å². The van der Waals surface area contributed by atoms with Gasteiger partial charge in [0.15, 0.2) is 0 Å². The molecule has 0 bridgehead atoms. The molecule has 1 saturated carbocycles. The van der Waals surface area contributed by atoms with E-state index in [1.165, 1.54) is 40.3 Å². The van der Waals surface area contributed by atoms with Gasteiger partial charge >= 0.3 is 0 Å². The Balaban J connectivity index is 0.00000144. The summed E-state index contributed by atoms with van der Waals surface area (Å²) in [6.07, 6.45) is 6.85. The fourth-order valence-corrected chi connectivity index (χ4v) is 2.96. The zero-order chi connectivity index (χ0) is 14.2. The molecule has 1 aromatic heterocycles. The Hall–Kier alpha value is -1.84. The van der Waals surface area contributed by atoms with Gasteiger partial charge in [-0.1, -0.05) is 36.4 Å². The Morgan fingerprint density at radius 3 is 2.59 bits per heavy atom. The summed E-state index contributed by atoms with van der Waals surface area (Å²) in [6.45, 7) is 1.63. The van der Waals surface area contributed by atoms with Crippen molar-refractivity contribution < 1.29 is 0 Å². The first-order chi connectivity index (χ1) is 10.3. The summed E-state index contributed by atoms with van der Waals surface area (Å²) >= 11 is 0. The van der Waals surface area contributed by atoms with Crippen molar-refractivity contribution in [2.45, 2.75) is 25.9 Å². The summed E-state index contributed by atoms with van der Waals surface area (Å²) in [5.74, 6) is 0.842. The van der Waals surface area contributed by atoms with Gasteiger partial charge in [0.1, 0.15) is 0 Å². The van der Waals surface area contributed by atoms with Crippen molar-refractivity contribution in [2.24, 2.45) is 11.7 Å². The summed E-state index contributed by atoms with van der Waals surface area (Å²) in [4.78, 5) is 0. The Morgan fingerprint density at radius 2 is 1.86 bits per heavy atom. The minimum atomic E-state index is 0. The number of aromatic nitrogens is 2. The molecule has 0 spiro atoms. The fraction of sp³-hybridized carbons (Fsp3) is 0.278. The number of nitrogens with zero attached hydrogens (tertiary/aromatic N) is 2. The van der Waals surface area contributed by atoms with Crippen LogP contribution in [0.25, 0.3) is 21.9 Å². The van der Waals surface area contributed by atoms with Crippen molar-refractivity contribution >= 4 is 23.2 Å². The van der Waals surface area contributed by atoms with Crippen molar-refractivity contribution in [1.82, 2.24) is 9.78 Å². The van der Waals surface area contributed by atoms with Gasteiger partial charge in [-0.25, -0.2) is 0 Å². The fourth-order valence-electron chi connectivity index (χ4n) is 2.96. The number of hydrogen-bond acceptors (Lipinski definition) is 2. The second-order valence-electron chi connectivity index (χ2n) is 5.92. The maximum Gasteiger partial charge on any atom is 0.0568 e. The third-order valence-corrected chi connectivity index (χ3v) is 4.32. The molecular formula is C18H20ClN3. The van der Waals surface area contributed by atoms with Crippen LogP contribution < -0.4 is 5.73 Å². The van der Waals surface area contributed by atoms with Crippen LogP contribution in [-0.2, 0) is 13.1 Å². The minimum absolute atomic E-state index is 0. The van der Waals surface area contributed by atoms with Crippen LogP contribution in [0.15, 0.2) is 48.8 Å². The molecule has 0 atom stereocenters. The Labute approximate surface area is 136 Å². The van der Waals surface area contributed by atoms with E-state index in [0.29, 0.717) is 6.54 Å². The van der Waals surface area contributed by atoms with E-state index in [1.807, 2.05) is 6.20 Å². The third kappa shape index (κ3) is 2.74. The highest BCUT2D eigenvalue weighted by molar-refractivity contribution is 5.98. The molecule has 4 heteroatoms. The van der Waals surface area contributed by atoms with Crippen LogP contribution >= 0.6 is 12.4 Å². The van der Waals surface area contributed by atoms with E-state index < -0.39 is 0 Å². The molecule has 1 aliphatic rings. The highest BCUT2D eigenvalue weighted by Gasteiger charge is 2.22. The lowest BCUT2D eigenvalue weighted by Gasteiger charge is -2.08. The molecule has 3 aromatic rings. The summed E-state index contributed by atoms with van der Waals surface area (Å²) in [6, 6.07) is 12.8. The quantitative estimate of drug-likeness (QED) is 0.791. The van der Waals surface area contributed by atoms with Crippen molar-refractivity contribution in [1.29, 1.82) is 0 Å². The molecule has 0 unspecified atom stereocenters. The molecule has 0 aliphatic heterocycles. The Kier molecular flexibility index (Phi) is 4.19. The lowest BCUT2D eigenvalue weighted by atomic mass is 9.97. The number of hydrogen-bond donors (Lipinski definition) is 1. The van der Waals surface area contributed by atoms with Crippen molar-refractivity contribution in [3.05, 3.63) is 54.4 Å². The molecule has 2 N–H and O–H groups in total. The number of rotatable bonds is 4. The van der Waals surface area contributed by atoms with Crippen molar-refractivity contribution in [3.63, 3.8) is 0 Å². The van der Waals surface area contributed by atoms with Crippen LogP contribution in [0.1, 0.15) is 18.4 Å². The monoisotopic (exact) mass is 313 g/mol. The first-order valence-corrected chi connectivity index (χ1v) is 7.58. The maximum absolute atomic E-state index is 5.85. The van der Waals surface area contributed by atoms with Gasteiger partial charge < -0.3 is 5.73 Å². The smallest absolute Gasteiger partial charge is 0.0568 e. The lowest BCUT2D eigenvalue weighted by Crippen LogP contribution is -1.99. The van der Waals surface area contributed by atoms with Crippen LogP contribution in [0.3, 0.4) is 0 Å². The second-order valence-corrected chi connectivity index (χ2v) is 5.92. The molecule has 0 saturated heterocycles. The molecule has 0 radical (unpaired) electrons. The molecule has 2 aromatic carbocycles. The van der Waals surface area contributed by atoms with E-state index in [0.717, 1.165) is 12.5 Å². The number of halogens is 1. The molecule has 114 valence electrons. The number of benzene rings is 2. The van der Waals surface area contributed by atoms with Gasteiger partial charge in [0.25, 0.3) is 0 Å². The summed E-state index contributed by atoms with van der Waals surface area (Å²) in [5.41, 5.74) is 9.48. The number of nitrogens with two attached hydrogens (primary N) is 1. The van der Waals surface area contributed by atoms with E-state index in [9.17, 15) is 0 Å². The molecule has 1 aliphatic carbocycles. The second kappa shape index (κ2) is 6.11. The topological polar surface area (TPSA) is 43.8 Å². The third-order valence-electron chi connectivity index (χ3n) is 4.32. The molecule has 1 fully saturated rings. The standard InChI is InChI=1S/C18H19N3.ClH/c19-9-14-7-8-17(18-4-2-1-3-16(14)18)15-10-20-21(12-15)11-13-5-6-13;/h1-4,7-8,10,12-13H,5-6,9,11,19H2;1H. The zero-order valence-electron chi connectivity index (χ0n) is 12.4. The largest absolute Gasteiger partial charge is 0.326 e. The molecular weight excluding hydrogens is 294 g/mol. The SMILES string of the molecule is Cl.NCc1ccc(-c2cnn(CC3CC3)c2)c2ccccc12. The van der Waals surface area contributed by atoms with E-state index >= 15 is 0 Å². The van der Waals surface area contributed by atoms with Crippen LogP contribution in [0.2, 0.25) is 0 Å². The maximum atomic E-state index is 5.85. The molecule has 22 heavy (non-hydrogen) atoms. The summed E-state index contributed by atoms with van der Waals surface area (Å²) in [7, 11) is 0. The highest BCUT2D eigenvalue weighted by Crippen LogP contribution is 2.33. The zero-order valence-corrected chi connectivity index (χ0v) is 13.2. The van der Waals surface area contributed by atoms with Crippen LogP contribution in [-0.4, -0.2) is 9.78 Å². The van der Waals surface area contributed by atoms with E-state index in [-0.39, 0.29) is 12.4 Å². The Bertz CT molecular complexity index is 790. The first kappa shape index (κ1) is 15.1. The van der Waals surface area contributed by atoms with Gasteiger partial charge in [-0.05, 0) is 40.7 Å². The van der Waals surface area contributed by atoms with Gasteiger partial charge in [-0.2, -0.15) is 5.10 Å². The Morgan fingerprint density at radius 1 is 1.09 bits per heavy atom. The first-order valence-electron chi connectivity index (χ1n) is 7.58. The number of fused-ring (bicyclic) bond motifs is 1. The highest BCUT2D eigenvalue weighted by atomic mass is 35.5. The van der Waals surface area contributed by atoms with Gasteiger partial charge in [0, 0.05) is 24.8 Å². The summed E-state index contributed by atoms with van der Waals surface area (Å²) in [5, 5.41) is 7.01. The predicted molar refractivity (Wildman–Crippen MR) is 93.0 cm³/mol. The summed E-state index contributed by atoms with van der Waals surface area (Å²) < 4.78 is 2.08. The van der Waals surface area contributed by atoms with Crippen molar-refractivity contribution in [2.75, 3.05) is 0 Å². The molecule has 3 nitrogen and oxygen atoms in total. The lowest BCUT2D eigenvalue weighted by molar-refractivity contribution is 0.563. The van der Waals surface area contributed by atoms with Gasteiger partial charge in [-0.15, -0.1) is 12.4 Å². The average molecular weight is 314 g/mol. The van der Waals surface area contributed by atoms with Crippen LogP contribution in [0.4, 0.5) is 0 Å². The van der Waals surface area contributed by atoms with Crippen molar-refractivity contribution in [3.8, 4) is 11.1 Å². The van der Waals surface area contributed by atoms with Crippen LogP contribution in [0, 0.1) is 5.92 Å². The molecule has 1 heterocycles. The van der Waals surface area contributed by atoms with Gasteiger partial charge in [0.05, 0.1) is 6.20 Å². The van der Waals surface area contributed by atoms with E-state index in [1.54, 1.807) is 0 Å². The molecule has 4 rings (SSSR count). The molecule has 0 amide bonds. The van der Waals surface area contributed by atoms with E-state index in [2.05, 4.69) is 52.4 Å². The predicted octanol–water partition coefficient (Wildman–Crippen LogP) is 3.99. The average Bonchev–Trinajstić information content (AvgIpc) is 3.22. The van der Waals surface area contributed by atoms with Gasteiger partial charge in [-0.3, -0.25) is 4.68 Å². The minimum Gasteiger partial charge on any atom is -0.326 e. The van der Waals surface area contributed by atoms with E-state index in [4.69, 9.17) is 5.73 Å². The normalized spacial score (nSPS) is 14.0. The van der Waals surface area contributed by atoms with Crippen LogP contribution in [0.5, 0.6) is 0 Å².